The predicted octanol–water partition coefficient (Wildman–Crippen LogP) is 3.13. The summed E-state index contributed by atoms with van der Waals surface area (Å²) < 4.78 is 0. The summed E-state index contributed by atoms with van der Waals surface area (Å²) >= 11 is 0. The Morgan fingerprint density at radius 2 is 1.82 bits per heavy atom. The molecule has 2 heteroatoms. The van der Waals surface area contributed by atoms with E-state index < -0.39 is 0 Å². The van der Waals surface area contributed by atoms with Crippen molar-refractivity contribution < 1.29 is 0 Å². The number of likely N-dealkylation sites (tertiary alicyclic amines) is 1. The highest BCUT2D eigenvalue weighted by Gasteiger charge is 2.23. The smallest absolute Gasteiger partial charge is 0.0192 e. The number of hydrogen-bond donors (Lipinski definition) is 1. The van der Waals surface area contributed by atoms with Crippen molar-refractivity contribution in [1.82, 2.24) is 10.2 Å². The van der Waals surface area contributed by atoms with Crippen LogP contribution in [0.4, 0.5) is 0 Å². The summed E-state index contributed by atoms with van der Waals surface area (Å²) in [4.78, 5) is 2.66. The molecule has 0 saturated carbocycles. The summed E-state index contributed by atoms with van der Waals surface area (Å²) in [6, 6.07) is 0.708. The topological polar surface area (TPSA) is 15.3 Å². The van der Waals surface area contributed by atoms with Crippen LogP contribution in [0.15, 0.2) is 0 Å². The second-order valence-electron chi connectivity index (χ2n) is 6.02. The van der Waals surface area contributed by atoms with E-state index in [0.29, 0.717) is 6.04 Å². The molecule has 1 N–H and O–H groups in total. The van der Waals surface area contributed by atoms with Crippen molar-refractivity contribution in [2.24, 2.45) is 11.8 Å². The number of unbranched alkanes of at least 4 members (excludes halogenated alkanes) is 1. The minimum absolute atomic E-state index is 0.708. The maximum atomic E-state index is 3.58. The van der Waals surface area contributed by atoms with Crippen LogP contribution in [0.5, 0.6) is 0 Å². The maximum Gasteiger partial charge on any atom is 0.0192 e. The standard InChI is InChI=1S/C15H32N2/c1-5-6-9-16-12-14(4)17-10-7-15(8-11-17)13(2)3/h13-16H,5-12H2,1-4H3. The van der Waals surface area contributed by atoms with Crippen molar-refractivity contribution in [3.05, 3.63) is 0 Å². The van der Waals surface area contributed by atoms with Crippen LogP contribution in [0.1, 0.15) is 53.4 Å². The minimum atomic E-state index is 0.708. The van der Waals surface area contributed by atoms with Gasteiger partial charge in [-0.05, 0) is 57.7 Å². The molecular formula is C15H32N2. The van der Waals surface area contributed by atoms with Gasteiger partial charge >= 0.3 is 0 Å². The lowest BCUT2D eigenvalue weighted by molar-refractivity contribution is 0.121. The molecule has 1 aliphatic rings. The van der Waals surface area contributed by atoms with E-state index in [9.17, 15) is 0 Å². The second kappa shape index (κ2) is 8.10. The van der Waals surface area contributed by atoms with E-state index in [-0.39, 0.29) is 0 Å². The third kappa shape index (κ3) is 5.39. The van der Waals surface area contributed by atoms with Gasteiger partial charge in [0.1, 0.15) is 0 Å². The van der Waals surface area contributed by atoms with Crippen LogP contribution in [0.3, 0.4) is 0 Å². The van der Waals surface area contributed by atoms with Crippen molar-refractivity contribution in [3.63, 3.8) is 0 Å². The van der Waals surface area contributed by atoms with E-state index in [4.69, 9.17) is 0 Å². The van der Waals surface area contributed by atoms with Crippen molar-refractivity contribution in [2.75, 3.05) is 26.2 Å². The molecule has 102 valence electrons. The van der Waals surface area contributed by atoms with Crippen LogP contribution in [-0.2, 0) is 0 Å². The SMILES string of the molecule is CCCCNCC(C)N1CCC(C(C)C)CC1. The molecule has 0 radical (unpaired) electrons. The van der Waals surface area contributed by atoms with Gasteiger partial charge in [-0.25, -0.2) is 0 Å². The minimum Gasteiger partial charge on any atom is -0.315 e. The largest absolute Gasteiger partial charge is 0.315 e. The number of nitrogens with zero attached hydrogens (tertiary/aromatic N) is 1. The normalized spacial score (nSPS) is 21.0. The molecule has 0 bridgehead atoms. The molecule has 0 aromatic rings. The predicted molar refractivity (Wildman–Crippen MR) is 76.4 cm³/mol. The molecule has 1 aliphatic heterocycles. The van der Waals surface area contributed by atoms with Gasteiger partial charge in [0.05, 0.1) is 0 Å². The molecule has 1 fully saturated rings. The van der Waals surface area contributed by atoms with Crippen LogP contribution in [-0.4, -0.2) is 37.1 Å². The first-order valence-electron chi connectivity index (χ1n) is 7.59. The first kappa shape index (κ1) is 15.0. The summed E-state index contributed by atoms with van der Waals surface area (Å²) in [6.07, 6.45) is 5.40. The van der Waals surface area contributed by atoms with Gasteiger partial charge in [-0.3, -0.25) is 4.90 Å². The van der Waals surface area contributed by atoms with Crippen molar-refractivity contribution >= 4 is 0 Å². The zero-order valence-electron chi connectivity index (χ0n) is 12.3. The number of hydrogen-bond acceptors (Lipinski definition) is 2. The van der Waals surface area contributed by atoms with E-state index >= 15 is 0 Å². The van der Waals surface area contributed by atoms with Crippen LogP contribution in [0, 0.1) is 11.8 Å². The highest BCUT2D eigenvalue weighted by molar-refractivity contribution is 4.78. The van der Waals surface area contributed by atoms with Gasteiger partial charge in [-0.15, -0.1) is 0 Å². The summed E-state index contributed by atoms with van der Waals surface area (Å²) in [5.74, 6) is 1.83. The number of piperidine rings is 1. The van der Waals surface area contributed by atoms with Crippen molar-refractivity contribution in [2.45, 2.75) is 59.4 Å². The Bertz CT molecular complexity index is 183. The molecule has 1 unspecified atom stereocenters. The average molecular weight is 240 g/mol. The summed E-state index contributed by atoms with van der Waals surface area (Å²) in [6.45, 7) is 14.3. The van der Waals surface area contributed by atoms with Gasteiger partial charge in [-0.2, -0.15) is 0 Å². The number of rotatable bonds is 7. The van der Waals surface area contributed by atoms with Crippen molar-refractivity contribution in [1.29, 1.82) is 0 Å². The van der Waals surface area contributed by atoms with Crippen LogP contribution < -0.4 is 5.32 Å². The van der Waals surface area contributed by atoms with E-state index in [1.807, 2.05) is 0 Å². The summed E-state index contributed by atoms with van der Waals surface area (Å²) in [5.41, 5.74) is 0. The fourth-order valence-electron chi connectivity index (χ4n) is 2.77. The van der Waals surface area contributed by atoms with E-state index in [1.54, 1.807) is 0 Å². The van der Waals surface area contributed by atoms with E-state index in [1.165, 1.54) is 45.3 Å². The summed E-state index contributed by atoms with van der Waals surface area (Å²) in [7, 11) is 0. The molecule has 1 saturated heterocycles. The Kier molecular flexibility index (Phi) is 7.14. The van der Waals surface area contributed by atoms with Gasteiger partial charge in [-0.1, -0.05) is 27.2 Å². The molecule has 0 aromatic carbocycles. The Labute approximate surface area is 108 Å². The first-order chi connectivity index (χ1) is 8.15. The van der Waals surface area contributed by atoms with E-state index in [2.05, 4.69) is 37.9 Å². The van der Waals surface area contributed by atoms with Crippen LogP contribution in [0.25, 0.3) is 0 Å². The lowest BCUT2D eigenvalue weighted by atomic mass is 9.86. The molecule has 0 spiro atoms. The zero-order chi connectivity index (χ0) is 12.7. The molecule has 0 aromatic heterocycles. The molecular weight excluding hydrogens is 208 g/mol. The Morgan fingerprint density at radius 3 is 2.35 bits per heavy atom. The van der Waals surface area contributed by atoms with Gasteiger partial charge in [0, 0.05) is 12.6 Å². The molecule has 2 nitrogen and oxygen atoms in total. The average Bonchev–Trinajstić information content (AvgIpc) is 2.34. The van der Waals surface area contributed by atoms with Gasteiger partial charge < -0.3 is 5.32 Å². The lowest BCUT2D eigenvalue weighted by Crippen LogP contribution is -2.45. The first-order valence-corrected chi connectivity index (χ1v) is 7.59. The molecule has 1 heterocycles. The highest BCUT2D eigenvalue weighted by atomic mass is 15.2. The van der Waals surface area contributed by atoms with Gasteiger partial charge in [0.15, 0.2) is 0 Å². The number of nitrogens with one attached hydrogen (secondary N) is 1. The fraction of sp³-hybridized carbons (Fsp3) is 1.00. The van der Waals surface area contributed by atoms with E-state index in [0.717, 1.165) is 18.4 Å². The molecule has 17 heavy (non-hydrogen) atoms. The highest BCUT2D eigenvalue weighted by Crippen LogP contribution is 2.25. The molecule has 0 aliphatic carbocycles. The Balaban J connectivity index is 2.14. The van der Waals surface area contributed by atoms with Gasteiger partial charge in [0.25, 0.3) is 0 Å². The third-order valence-corrected chi connectivity index (χ3v) is 4.29. The van der Waals surface area contributed by atoms with Crippen molar-refractivity contribution in [3.8, 4) is 0 Å². The van der Waals surface area contributed by atoms with Crippen LogP contribution >= 0.6 is 0 Å². The molecule has 1 atom stereocenters. The maximum absolute atomic E-state index is 3.58. The lowest BCUT2D eigenvalue weighted by Gasteiger charge is -2.37. The van der Waals surface area contributed by atoms with Gasteiger partial charge in [0.2, 0.25) is 0 Å². The quantitative estimate of drug-likeness (QED) is 0.688. The summed E-state index contributed by atoms with van der Waals surface area (Å²) in [5, 5.41) is 3.58. The van der Waals surface area contributed by atoms with Crippen LogP contribution in [0.2, 0.25) is 0 Å². The monoisotopic (exact) mass is 240 g/mol. The zero-order valence-corrected chi connectivity index (χ0v) is 12.3. The molecule has 1 rings (SSSR count). The Hall–Kier alpha value is -0.0800. The third-order valence-electron chi connectivity index (χ3n) is 4.29. The Morgan fingerprint density at radius 1 is 1.18 bits per heavy atom. The fourth-order valence-corrected chi connectivity index (χ4v) is 2.77. The second-order valence-corrected chi connectivity index (χ2v) is 6.02. The molecule has 0 amide bonds.